The van der Waals surface area contributed by atoms with Gasteiger partial charge in [0.05, 0.1) is 24.0 Å². The maximum Gasteiger partial charge on any atom is 0.0903 e. The normalized spacial score (nSPS) is 15.4. The van der Waals surface area contributed by atoms with Gasteiger partial charge in [-0.2, -0.15) is 5.10 Å². The van der Waals surface area contributed by atoms with Gasteiger partial charge in [-0.1, -0.05) is 20.3 Å². The Labute approximate surface area is 88.6 Å². The predicted octanol–water partition coefficient (Wildman–Crippen LogP) is 1.81. The fourth-order valence-corrected chi connectivity index (χ4v) is 1.61. The van der Waals surface area contributed by atoms with Crippen molar-refractivity contribution in [2.45, 2.75) is 26.4 Å². The Hall–Kier alpha value is -1.42. The first-order chi connectivity index (χ1) is 7.24. The molecule has 15 heavy (non-hydrogen) atoms. The highest BCUT2D eigenvalue weighted by atomic mass is 16.3. The SMILES string of the molecule is CCC(C)C(O)c1cnn2ccncc12. The molecule has 0 aliphatic heterocycles. The van der Waals surface area contributed by atoms with Crippen molar-refractivity contribution in [2.75, 3.05) is 0 Å². The zero-order chi connectivity index (χ0) is 10.8. The Balaban J connectivity index is 2.43. The quantitative estimate of drug-likeness (QED) is 0.831. The lowest BCUT2D eigenvalue weighted by Gasteiger charge is -2.15. The smallest absolute Gasteiger partial charge is 0.0903 e. The molecule has 1 N–H and O–H groups in total. The molecular weight excluding hydrogens is 190 g/mol. The van der Waals surface area contributed by atoms with Gasteiger partial charge in [-0.15, -0.1) is 0 Å². The standard InChI is InChI=1S/C11H15N3O/c1-3-8(2)11(15)9-6-13-14-5-4-12-7-10(9)14/h4-8,11,15H,3H2,1-2H3. The summed E-state index contributed by atoms with van der Waals surface area (Å²) in [6, 6.07) is 0. The van der Waals surface area contributed by atoms with Gasteiger partial charge in [0.15, 0.2) is 0 Å². The van der Waals surface area contributed by atoms with E-state index < -0.39 is 6.10 Å². The average molecular weight is 205 g/mol. The zero-order valence-electron chi connectivity index (χ0n) is 8.96. The molecule has 0 aliphatic rings. The molecule has 2 heterocycles. The second kappa shape index (κ2) is 3.98. The highest BCUT2D eigenvalue weighted by Crippen LogP contribution is 2.26. The molecule has 0 spiro atoms. The largest absolute Gasteiger partial charge is 0.388 e. The van der Waals surface area contributed by atoms with Gasteiger partial charge in [0.1, 0.15) is 0 Å². The fourth-order valence-electron chi connectivity index (χ4n) is 1.61. The third-order valence-electron chi connectivity index (χ3n) is 2.86. The van der Waals surface area contributed by atoms with Gasteiger partial charge in [-0.05, 0) is 5.92 Å². The number of fused-ring (bicyclic) bond motifs is 1. The van der Waals surface area contributed by atoms with Crippen LogP contribution in [0.2, 0.25) is 0 Å². The minimum atomic E-state index is -0.461. The fraction of sp³-hybridized carbons (Fsp3) is 0.455. The maximum atomic E-state index is 10.1. The van der Waals surface area contributed by atoms with E-state index in [1.165, 1.54) is 0 Å². The van der Waals surface area contributed by atoms with Crippen molar-refractivity contribution < 1.29 is 5.11 Å². The van der Waals surface area contributed by atoms with Crippen molar-refractivity contribution in [1.82, 2.24) is 14.6 Å². The van der Waals surface area contributed by atoms with Gasteiger partial charge >= 0.3 is 0 Å². The van der Waals surface area contributed by atoms with E-state index in [2.05, 4.69) is 17.0 Å². The minimum absolute atomic E-state index is 0.234. The first-order valence-corrected chi connectivity index (χ1v) is 5.19. The van der Waals surface area contributed by atoms with E-state index in [0.29, 0.717) is 0 Å². The Bertz CT molecular complexity index is 452. The van der Waals surface area contributed by atoms with Crippen LogP contribution in [-0.2, 0) is 0 Å². The zero-order valence-corrected chi connectivity index (χ0v) is 8.96. The van der Waals surface area contributed by atoms with Gasteiger partial charge in [-0.3, -0.25) is 4.98 Å². The molecule has 0 aliphatic carbocycles. The molecule has 0 saturated carbocycles. The van der Waals surface area contributed by atoms with Crippen molar-refractivity contribution >= 4 is 5.52 Å². The number of aliphatic hydroxyl groups excluding tert-OH is 1. The highest BCUT2D eigenvalue weighted by molar-refractivity contribution is 5.52. The summed E-state index contributed by atoms with van der Waals surface area (Å²) in [7, 11) is 0. The van der Waals surface area contributed by atoms with Crippen LogP contribution in [0.4, 0.5) is 0 Å². The molecule has 2 aromatic heterocycles. The van der Waals surface area contributed by atoms with Crippen molar-refractivity contribution in [2.24, 2.45) is 5.92 Å². The molecular formula is C11H15N3O. The summed E-state index contributed by atoms with van der Waals surface area (Å²) in [5, 5.41) is 14.3. The Morgan fingerprint density at radius 3 is 3.00 bits per heavy atom. The van der Waals surface area contributed by atoms with Crippen LogP contribution >= 0.6 is 0 Å². The molecule has 2 atom stereocenters. The van der Waals surface area contributed by atoms with Gasteiger partial charge in [0.2, 0.25) is 0 Å². The van der Waals surface area contributed by atoms with Crippen LogP contribution in [0.15, 0.2) is 24.8 Å². The summed E-state index contributed by atoms with van der Waals surface area (Å²) in [6.07, 6.45) is 7.39. The van der Waals surface area contributed by atoms with Crippen LogP contribution in [0.1, 0.15) is 31.9 Å². The molecule has 0 saturated heterocycles. The summed E-state index contributed by atoms with van der Waals surface area (Å²) >= 11 is 0. The number of hydrogen-bond acceptors (Lipinski definition) is 3. The lowest BCUT2D eigenvalue weighted by molar-refractivity contribution is 0.117. The lowest BCUT2D eigenvalue weighted by atomic mass is 9.96. The average Bonchev–Trinajstić information content (AvgIpc) is 2.70. The van der Waals surface area contributed by atoms with Crippen molar-refractivity contribution in [3.8, 4) is 0 Å². The number of nitrogens with zero attached hydrogens (tertiary/aromatic N) is 3. The third-order valence-corrected chi connectivity index (χ3v) is 2.86. The van der Waals surface area contributed by atoms with E-state index in [1.807, 2.05) is 6.92 Å². The van der Waals surface area contributed by atoms with Crippen molar-refractivity contribution in [1.29, 1.82) is 0 Å². The summed E-state index contributed by atoms with van der Waals surface area (Å²) in [5.74, 6) is 0.234. The van der Waals surface area contributed by atoms with Gasteiger partial charge < -0.3 is 5.11 Å². The minimum Gasteiger partial charge on any atom is -0.388 e. The van der Waals surface area contributed by atoms with E-state index in [9.17, 15) is 5.11 Å². The summed E-state index contributed by atoms with van der Waals surface area (Å²) in [4.78, 5) is 4.04. The Morgan fingerprint density at radius 2 is 2.27 bits per heavy atom. The monoisotopic (exact) mass is 205 g/mol. The van der Waals surface area contributed by atoms with Gasteiger partial charge in [0.25, 0.3) is 0 Å². The third kappa shape index (κ3) is 1.72. The highest BCUT2D eigenvalue weighted by Gasteiger charge is 2.18. The van der Waals surface area contributed by atoms with Crippen molar-refractivity contribution in [3.05, 3.63) is 30.4 Å². The molecule has 0 radical (unpaired) electrons. The molecule has 0 fully saturated rings. The molecule has 4 heteroatoms. The van der Waals surface area contributed by atoms with E-state index in [-0.39, 0.29) is 5.92 Å². The molecule has 4 nitrogen and oxygen atoms in total. The molecule has 2 aromatic rings. The van der Waals surface area contributed by atoms with E-state index in [1.54, 1.807) is 29.3 Å². The summed E-state index contributed by atoms with van der Waals surface area (Å²) in [5.41, 5.74) is 1.74. The number of rotatable bonds is 3. The van der Waals surface area contributed by atoms with Crippen LogP contribution in [0.5, 0.6) is 0 Å². The van der Waals surface area contributed by atoms with Crippen LogP contribution in [0, 0.1) is 5.92 Å². The summed E-state index contributed by atoms with van der Waals surface area (Å²) in [6.45, 7) is 4.10. The molecule has 2 rings (SSSR count). The molecule has 2 unspecified atom stereocenters. The van der Waals surface area contributed by atoms with Gasteiger partial charge in [0, 0.05) is 18.0 Å². The van der Waals surface area contributed by atoms with Crippen molar-refractivity contribution in [3.63, 3.8) is 0 Å². The second-order valence-electron chi connectivity index (χ2n) is 3.84. The molecule has 0 aromatic carbocycles. The number of aliphatic hydroxyl groups is 1. The van der Waals surface area contributed by atoms with Crippen LogP contribution < -0.4 is 0 Å². The van der Waals surface area contributed by atoms with E-state index in [4.69, 9.17) is 0 Å². The first kappa shape index (κ1) is 10.1. The van der Waals surface area contributed by atoms with E-state index >= 15 is 0 Å². The van der Waals surface area contributed by atoms with E-state index in [0.717, 1.165) is 17.5 Å². The first-order valence-electron chi connectivity index (χ1n) is 5.19. The van der Waals surface area contributed by atoms with Crippen LogP contribution in [0.25, 0.3) is 5.52 Å². The maximum absolute atomic E-state index is 10.1. The van der Waals surface area contributed by atoms with Gasteiger partial charge in [-0.25, -0.2) is 4.52 Å². The number of aromatic nitrogens is 3. The number of hydrogen-bond donors (Lipinski definition) is 1. The van der Waals surface area contributed by atoms with Crippen LogP contribution in [-0.4, -0.2) is 19.7 Å². The predicted molar refractivity (Wildman–Crippen MR) is 57.4 cm³/mol. The summed E-state index contributed by atoms with van der Waals surface area (Å²) < 4.78 is 1.73. The molecule has 80 valence electrons. The second-order valence-corrected chi connectivity index (χ2v) is 3.84. The molecule has 0 amide bonds. The Kier molecular flexibility index (Phi) is 2.68. The topological polar surface area (TPSA) is 50.4 Å². The van der Waals surface area contributed by atoms with Crippen LogP contribution in [0.3, 0.4) is 0 Å². The Morgan fingerprint density at radius 1 is 1.47 bits per heavy atom. The lowest BCUT2D eigenvalue weighted by Crippen LogP contribution is -2.07. The molecule has 0 bridgehead atoms.